The summed E-state index contributed by atoms with van der Waals surface area (Å²) >= 11 is 4.98. The van der Waals surface area contributed by atoms with Crippen LogP contribution in [0.25, 0.3) is 0 Å². The summed E-state index contributed by atoms with van der Waals surface area (Å²) in [5.41, 5.74) is 5.66. The Kier molecular flexibility index (Phi) is 5.11. The molecule has 1 saturated heterocycles. The van der Waals surface area contributed by atoms with Gasteiger partial charge in [0.25, 0.3) is 0 Å². The fourth-order valence-electron chi connectivity index (χ4n) is 3.52. The van der Waals surface area contributed by atoms with Gasteiger partial charge in [-0.3, -0.25) is 4.79 Å². The molecule has 0 radical (unpaired) electrons. The maximum Gasteiger partial charge on any atom is 0.392 e. The Bertz CT molecular complexity index is 414. The summed E-state index contributed by atoms with van der Waals surface area (Å²) in [6, 6.07) is -0.378. The van der Waals surface area contributed by atoms with Crippen molar-refractivity contribution in [2.45, 2.75) is 57.2 Å². The van der Waals surface area contributed by atoms with E-state index in [9.17, 15) is 18.0 Å². The number of likely N-dealkylation sites (tertiary alicyclic amines) is 1. The number of hydrogen-bond donors (Lipinski definition) is 1. The molecule has 0 aromatic rings. The largest absolute Gasteiger partial charge is 0.392 e. The van der Waals surface area contributed by atoms with Gasteiger partial charge in [-0.2, -0.15) is 13.2 Å². The van der Waals surface area contributed by atoms with E-state index in [4.69, 9.17) is 18.0 Å². The summed E-state index contributed by atoms with van der Waals surface area (Å²) in [5, 5.41) is 0. The number of piperidine rings is 1. The van der Waals surface area contributed by atoms with Gasteiger partial charge in [0.05, 0.1) is 16.9 Å². The Morgan fingerprint density at radius 3 is 2.33 bits per heavy atom. The van der Waals surface area contributed by atoms with E-state index in [-0.39, 0.29) is 17.5 Å². The average molecular weight is 322 g/mol. The van der Waals surface area contributed by atoms with E-state index in [1.165, 1.54) is 4.90 Å². The molecule has 0 aromatic carbocycles. The molecular weight excluding hydrogens is 301 g/mol. The minimum absolute atomic E-state index is 0.0471. The molecule has 21 heavy (non-hydrogen) atoms. The summed E-state index contributed by atoms with van der Waals surface area (Å²) in [7, 11) is 0. The minimum atomic E-state index is -4.31. The van der Waals surface area contributed by atoms with Gasteiger partial charge in [-0.1, -0.05) is 25.1 Å². The molecule has 2 rings (SSSR count). The number of alkyl halides is 3. The molecule has 1 amide bonds. The Morgan fingerprint density at radius 2 is 1.71 bits per heavy atom. The first kappa shape index (κ1) is 16.5. The SMILES string of the molecule is NC(=S)C1CCCCN1C(=O)C1CCCCC1C(F)(F)F. The lowest BCUT2D eigenvalue weighted by Gasteiger charge is -2.40. The van der Waals surface area contributed by atoms with Crippen LogP contribution in [-0.4, -0.2) is 34.6 Å². The smallest absolute Gasteiger partial charge is 0.392 e. The number of nitrogens with two attached hydrogens (primary N) is 1. The maximum absolute atomic E-state index is 13.2. The quantitative estimate of drug-likeness (QED) is 0.795. The van der Waals surface area contributed by atoms with Gasteiger partial charge in [0.15, 0.2) is 0 Å². The lowest BCUT2D eigenvalue weighted by molar-refractivity contribution is -0.201. The molecule has 2 N–H and O–H groups in total. The zero-order valence-electron chi connectivity index (χ0n) is 11.9. The van der Waals surface area contributed by atoms with Gasteiger partial charge >= 0.3 is 6.18 Å². The molecule has 2 aliphatic rings. The number of rotatable bonds is 2. The molecule has 3 atom stereocenters. The van der Waals surface area contributed by atoms with E-state index in [0.717, 1.165) is 12.8 Å². The highest BCUT2D eigenvalue weighted by molar-refractivity contribution is 7.80. The van der Waals surface area contributed by atoms with Crippen LogP contribution in [-0.2, 0) is 4.79 Å². The molecule has 2 fully saturated rings. The second-order valence-corrected chi connectivity index (χ2v) is 6.46. The Balaban J connectivity index is 2.17. The fourth-order valence-corrected chi connectivity index (χ4v) is 3.77. The number of carbonyl (C=O) groups excluding carboxylic acids is 1. The summed E-state index contributed by atoms with van der Waals surface area (Å²) < 4.78 is 39.5. The Morgan fingerprint density at radius 1 is 1.10 bits per heavy atom. The third kappa shape index (κ3) is 3.67. The predicted octanol–water partition coefficient (Wildman–Crippen LogP) is 3.02. The van der Waals surface area contributed by atoms with Gasteiger partial charge in [-0.25, -0.2) is 0 Å². The van der Waals surface area contributed by atoms with Gasteiger partial charge < -0.3 is 10.6 Å². The van der Waals surface area contributed by atoms with Crippen molar-refractivity contribution in [1.29, 1.82) is 0 Å². The summed E-state index contributed by atoms with van der Waals surface area (Å²) in [4.78, 5) is 14.3. The van der Waals surface area contributed by atoms with Gasteiger partial charge in [-0.05, 0) is 32.1 Å². The van der Waals surface area contributed by atoms with Crippen molar-refractivity contribution in [3.05, 3.63) is 0 Å². The lowest BCUT2D eigenvalue weighted by Crippen LogP contribution is -2.54. The third-order valence-corrected chi connectivity index (χ3v) is 4.89. The summed E-state index contributed by atoms with van der Waals surface area (Å²) in [5.74, 6) is -2.89. The fraction of sp³-hybridized carbons (Fsp3) is 0.857. The van der Waals surface area contributed by atoms with Crippen LogP contribution in [0.5, 0.6) is 0 Å². The number of nitrogens with zero attached hydrogens (tertiary/aromatic N) is 1. The normalized spacial score (nSPS) is 31.0. The van der Waals surface area contributed by atoms with E-state index >= 15 is 0 Å². The molecular formula is C14H21F3N2OS. The first-order chi connectivity index (χ1) is 9.82. The van der Waals surface area contributed by atoms with Crippen molar-refractivity contribution in [3.8, 4) is 0 Å². The third-order valence-electron chi connectivity index (χ3n) is 4.62. The molecule has 1 aliphatic heterocycles. The molecule has 0 aromatic heterocycles. The summed E-state index contributed by atoms with van der Waals surface area (Å²) in [6.07, 6.45) is -0.385. The predicted molar refractivity (Wildman–Crippen MR) is 77.6 cm³/mol. The van der Waals surface area contributed by atoms with Gasteiger partial charge in [0.1, 0.15) is 0 Å². The van der Waals surface area contributed by atoms with E-state index in [1.807, 2.05) is 0 Å². The van der Waals surface area contributed by atoms with Crippen molar-refractivity contribution >= 4 is 23.1 Å². The van der Waals surface area contributed by atoms with Crippen LogP contribution in [0.15, 0.2) is 0 Å². The molecule has 7 heteroatoms. The highest BCUT2D eigenvalue weighted by Gasteiger charge is 2.49. The van der Waals surface area contributed by atoms with Crippen LogP contribution in [0.4, 0.5) is 13.2 Å². The number of thiocarbonyl (C=S) groups is 1. The molecule has 1 heterocycles. The van der Waals surface area contributed by atoms with Crippen molar-refractivity contribution in [2.75, 3.05) is 6.54 Å². The second kappa shape index (κ2) is 6.50. The lowest BCUT2D eigenvalue weighted by atomic mass is 9.77. The minimum Gasteiger partial charge on any atom is -0.392 e. The van der Waals surface area contributed by atoms with E-state index in [2.05, 4.69) is 0 Å². The number of amides is 1. The molecule has 1 saturated carbocycles. The van der Waals surface area contributed by atoms with Gasteiger partial charge in [0.2, 0.25) is 5.91 Å². The number of halogens is 3. The molecule has 0 spiro atoms. The molecule has 3 nitrogen and oxygen atoms in total. The molecule has 0 bridgehead atoms. The highest BCUT2D eigenvalue weighted by atomic mass is 32.1. The van der Waals surface area contributed by atoms with Crippen LogP contribution in [0.2, 0.25) is 0 Å². The van der Waals surface area contributed by atoms with Gasteiger partial charge in [-0.15, -0.1) is 0 Å². The van der Waals surface area contributed by atoms with Crippen molar-refractivity contribution < 1.29 is 18.0 Å². The second-order valence-electron chi connectivity index (χ2n) is 5.98. The van der Waals surface area contributed by atoms with Crippen molar-refractivity contribution in [2.24, 2.45) is 17.6 Å². The number of carbonyl (C=O) groups is 1. The zero-order chi connectivity index (χ0) is 15.6. The van der Waals surface area contributed by atoms with E-state index in [1.54, 1.807) is 0 Å². The maximum atomic E-state index is 13.2. The van der Waals surface area contributed by atoms with Crippen molar-refractivity contribution in [3.63, 3.8) is 0 Å². The van der Waals surface area contributed by atoms with Gasteiger partial charge in [0, 0.05) is 12.5 Å². The average Bonchev–Trinajstić information content (AvgIpc) is 2.45. The molecule has 120 valence electrons. The standard InChI is InChI=1S/C14H21F3N2OS/c15-14(16,17)10-6-2-1-5-9(10)13(20)19-8-4-3-7-11(19)12(18)21/h9-11H,1-8H2,(H2,18,21). The zero-order valence-corrected chi connectivity index (χ0v) is 12.7. The first-order valence-corrected chi connectivity index (χ1v) is 7.89. The van der Waals surface area contributed by atoms with Crippen LogP contribution in [0.3, 0.4) is 0 Å². The Labute approximate surface area is 128 Å². The van der Waals surface area contributed by atoms with E-state index in [0.29, 0.717) is 32.2 Å². The summed E-state index contributed by atoms with van der Waals surface area (Å²) in [6.45, 7) is 0.460. The van der Waals surface area contributed by atoms with Crippen LogP contribution in [0, 0.1) is 11.8 Å². The van der Waals surface area contributed by atoms with Crippen molar-refractivity contribution in [1.82, 2.24) is 4.90 Å². The molecule has 1 aliphatic carbocycles. The molecule has 3 unspecified atom stereocenters. The van der Waals surface area contributed by atoms with E-state index < -0.39 is 23.9 Å². The van der Waals surface area contributed by atoms with Crippen LogP contribution in [0.1, 0.15) is 44.9 Å². The topological polar surface area (TPSA) is 46.3 Å². The highest BCUT2D eigenvalue weighted by Crippen LogP contribution is 2.42. The Hall–Kier alpha value is -0.850. The van der Waals surface area contributed by atoms with Crippen LogP contribution < -0.4 is 5.73 Å². The monoisotopic (exact) mass is 322 g/mol. The number of hydrogen-bond acceptors (Lipinski definition) is 2. The van der Waals surface area contributed by atoms with Crippen LogP contribution >= 0.6 is 12.2 Å². The first-order valence-electron chi connectivity index (χ1n) is 7.49.